The number of carbonyl (C=O) groups is 2. The summed E-state index contributed by atoms with van der Waals surface area (Å²) in [6.45, 7) is 2.14. The summed E-state index contributed by atoms with van der Waals surface area (Å²) in [5.41, 5.74) is 7.88. The van der Waals surface area contributed by atoms with Crippen LogP contribution in [0.25, 0.3) is 0 Å². The topological polar surface area (TPSA) is 111 Å². The maximum Gasteiger partial charge on any atom is 0.335 e. The molecule has 0 atom stereocenters. The number of carboxylic acids is 1. The molecule has 1 amide bonds. The number of methoxy groups -OCH3 is 1. The zero-order valence-corrected chi connectivity index (χ0v) is 14.0. The first-order valence-corrected chi connectivity index (χ1v) is 7.56. The number of ether oxygens (including phenoxy) is 2. The number of rotatable bonds is 8. The number of anilines is 1. The molecule has 2 aromatic rings. The molecule has 7 nitrogen and oxygen atoms in total. The smallest absolute Gasteiger partial charge is 0.335 e. The Labute approximate surface area is 145 Å². The largest absolute Gasteiger partial charge is 0.493 e. The molecule has 7 heteroatoms. The summed E-state index contributed by atoms with van der Waals surface area (Å²) >= 11 is 0. The van der Waals surface area contributed by atoms with Gasteiger partial charge in [0.2, 0.25) is 0 Å². The van der Waals surface area contributed by atoms with Gasteiger partial charge in [-0.2, -0.15) is 0 Å². The maximum atomic E-state index is 11.1. The van der Waals surface area contributed by atoms with Crippen LogP contribution in [-0.4, -0.2) is 30.7 Å². The van der Waals surface area contributed by atoms with E-state index >= 15 is 0 Å². The van der Waals surface area contributed by atoms with Crippen molar-refractivity contribution in [3.05, 3.63) is 53.1 Å². The second-order valence-electron chi connectivity index (χ2n) is 5.43. The van der Waals surface area contributed by atoms with Crippen molar-refractivity contribution in [2.45, 2.75) is 13.5 Å². The van der Waals surface area contributed by atoms with Crippen molar-refractivity contribution in [3.8, 4) is 11.5 Å². The van der Waals surface area contributed by atoms with Crippen molar-refractivity contribution < 1.29 is 24.2 Å². The van der Waals surface area contributed by atoms with Crippen molar-refractivity contribution in [2.24, 2.45) is 5.73 Å². The quantitative estimate of drug-likeness (QED) is 0.677. The lowest BCUT2D eigenvalue weighted by Gasteiger charge is -2.13. The van der Waals surface area contributed by atoms with E-state index in [1.807, 2.05) is 13.0 Å². The van der Waals surface area contributed by atoms with E-state index in [1.165, 1.54) is 7.11 Å². The van der Waals surface area contributed by atoms with E-state index in [4.69, 9.17) is 20.3 Å². The molecule has 0 fully saturated rings. The lowest BCUT2D eigenvalue weighted by atomic mass is 10.1. The fourth-order valence-electron chi connectivity index (χ4n) is 2.23. The molecule has 0 heterocycles. The number of amides is 1. The number of nitrogens with one attached hydrogen (secondary N) is 1. The van der Waals surface area contributed by atoms with E-state index in [1.54, 1.807) is 30.3 Å². The molecule has 25 heavy (non-hydrogen) atoms. The van der Waals surface area contributed by atoms with E-state index in [0.717, 1.165) is 16.8 Å². The summed E-state index contributed by atoms with van der Waals surface area (Å²) in [6, 6.07) is 10.2. The van der Waals surface area contributed by atoms with Crippen LogP contribution in [0.2, 0.25) is 0 Å². The molecule has 0 bridgehead atoms. The Morgan fingerprint density at radius 3 is 2.56 bits per heavy atom. The Balaban J connectivity index is 2.12. The number of aromatic carboxylic acids is 1. The highest BCUT2D eigenvalue weighted by molar-refractivity contribution is 5.89. The molecule has 0 spiro atoms. The lowest BCUT2D eigenvalue weighted by Crippen LogP contribution is -2.20. The third-order valence-electron chi connectivity index (χ3n) is 3.57. The first-order chi connectivity index (χ1) is 11.9. The Morgan fingerprint density at radius 1 is 1.16 bits per heavy atom. The van der Waals surface area contributed by atoms with Crippen LogP contribution < -0.4 is 20.5 Å². The molecule has 2 rings (SSSR count). The van der Waals surface area contributed by atoms with Crippen LogP contribution in [0.1, 0.15) is 21.5 Å². The van der Waals surface area contributed by atoms with Crippen molar-refractivity contribution in [1.29, 1.82) is 0 Å². The van der Waals surface area contributed by atoms with Gasteiger partial charge in [0, 0.05) is 12.2 Å². The molecule has 0 aliphatic rings. The van der Waals surface area contributed by atoms with Crippen LogP contribution in [-0.2, 0) is 11.3 Å². The Bertz CT molecular complexity index is 789. The van der Waals surface area contributed by atoms with Crippen LogP contribution in [0.3, 0.4) is 0 Å². The van der Waals surface area contributed by atoms with Gasteiger partial charge in [-0.25, -0.2) is 4.79 Å². The highest BCUT2D eigenvalue weighted by atomic mass is 16.5. The normalized spacial score (nSPS) is 10.2. The standard InChI is InChI=1S/C18H20N2O5/c1-11-3-5-13(18(22)23)8-14(11)20-9-12-4-6-15(16(7-12)24-2)25-10-17(19)21/h3-8,20H,9-10H2,1-2H3,(H2,19,21)(H,22,23). The zero-order chi connectivity index (χ0) is 18.4. The molecule has 0 saturated carbocycles. The second-order valence-corrected chi connectivity index (χ2v) is 5.43. The van der Waals surface area contributed by atoms with Gasteiger partial charge >= 0.3 is 5.97 Å². The molecular weight excluding hydrogens is 324 g/mol. The fourth-order valence-corrected chi connectivity index (χ4v) is 2.23. The number of aryl methyl sites for hydroxylation is 1. The molecule has 0 unspecified atom stereocenters. The van der Waals surface area contributed by atoms with Crippen LogP contribution in [0, 0.1) is 6.92 Å². The number of carboxylic acid groups (broad SMARTS) is 1. The molecular formula is C18H20N2O5. The molecule has 0 aromatic heterocycles. The van der Waals surface area contributed by atoms with Gasteiger partial charge in [0.05, 0.1) is 12.7 Å². The number of nitrogens with two attached hydrogens (primary N) is 1. The van der Waals surface area contributed by atoms with Crippen molar-refractivity contribution in [3.63, 3.8) is 0 Å². The van der Waals surface area contributed by atoms with E-state index in [9.17, 15) is 9.59 Å². The number of carbonyl (C=O) groups excluding carboxylic acids is 1. The summed E-state index contributed by atoms with van der Waals surface area (Å²) in [6.07, 6.45) is 0. The minimum atomic E-state index is -0.972. The van der Waals surface area contributed by atoms with Gasteiger partial charge in [0.15, 0.2) is 18.1 Å². The minimum absolute atomic E-state index is 0.223. The predicted molar refractivity (Wildman–Crippen MR) is 93.1 cm³/mol. The number of hydrogen-bond donors (Lipinski definition) is 3. The highest BCUT2D eigenvalue weighted by Crippen LogP contribution is 2.28. The van der Waals surface area contributed by atoms with E-state index in [-0.39, 0.29) is 12.2 Å². The summed E-state index contributed by atoms with van der Waals surface area (Å²) in [5, 5.41) is 12.3. The van der Waals surface area contributed by atoms with E-state index < -0.39 is 11.9 Å². The average Bonchev–Trinajstić information content (AvgIpc) is 2.59. The maximum absolute atomic E-state index is 11.1. The average molecular weight is 344 g/mol. The van der Waals surface area contributed by atoms with Crippen molar-refractivity contribution in [2.75, 3.05) is 19.0 Å². The summed E-state index contributed by atoms with van der Waals surface area (Å²) in [4.78, 5) is 21.9. The van der Waals surface area contributed by atoms with Gasteiger partial charge in [-0.3, -0.25) is 4.79 Å². The van der Waals surface area contributed by atoms with Crippen molar-refractivity contribution >= 4 is 17.6 Å². The lowest BCUT2D eigenvalue weighted by molar-refractivity contribution is -0.119. The third-order valence-corrected chi connectivity index (χ3v) is 3.57. The van der Waals surface area contributed by atoms with Crippen molar-refractivity contribution in [1.82, 2.24) is 0 Å². The molecule has 0 radical (unpaired) electrons. The van der Waals surface area contributed by atoms with E-state index in [2.05, 4.69) is 5.32 Å². The van der Waals surface area contributed by atoms with Crippen LogP contribution >= 0.6 is 0 Å². The number of hydrogen-bond acceptors (Lipinski definition) is 5. The first kappa shape index (κ1) is 18.1. The van der Waals surface area contributed by atoms with Crippen LogP contribution in [0.15, 0.2) is 36.4 Å². The minimum Gasteiger partial charge on any atom is -0.493 e. The monoisotopic (exact) mass is 344 g/mol. The Kier molecular flexibility index (Phi) is 5.84. The number of primary amides is 1. The highest BCUT2D eigenvalue weighted by Gasteiger charge is 2.09. The SMILES string of the molecule is COc1cc(CNc2cc(C(=O)O)ccc2C)ccc1OCC(N)=O. The molecule has 0 aliphatic heterocycles. The molecule has 0 aliphatic carbocycles. The van der Waals surface area contributed by atoms with Crippen LogP contribution in [0.5, 0.6) is 11.5 Å². The third kappa shape index (κ3) is 4.87. The van der Waals surface area contributed by atoms with E-state index in [0.29, 0.717) is 18.0 Å². The summed E-state index contributed by atoms with van der Waals surface area (Å²) in [7, 11) is 1.50. The molecule has 132 valence electrons. The van der Waals surface area contributed by atoms with Gasteiger partial charge in [0.25, 0.3) is 5.91 Å². The summed E-state index contributed by atoms with van der Waals surface area (Å²) < 4.78 is 10.5. The second kappa shape index (κ2) is 8.05. The summed E-state index contributed by atoms with van der Waals surface area (Å²) in [5.74, 6) is -0.632. The van der Waals surface area contributed by atoms with Gasteiger partial charge in [-0.15, -0.1) is 0 Å². The predicted octanol–water partition coefficient (Wildman–Crippen LogP) is 2.18. The molecule has 0 saturated heterocycles. The first-order valence-electron chi connectivity index (χ1n) is 7.56. The molecule has 4 N–H and O–H groups in total. The van der Waals surface area contributed by atoms with Gasteiger partial charge < -0.3 is 25.6 Å². The number of benzene rings is 2. The van der Waals surface area contributed by atoms with Gasteiger partial charge in [-0.1, -0.05) is 12.1 Å². The zero-order valence-electron chi connectivity index (χ0n) is 14.0. The Morgan fingerprint density at radius 2 is 1.92 bits per heavy atom. The fraction of sp³-hybridized carbons (Fsp3) is 0.222. The van der Waals surface area contributed by atoms with Gasteiger partial charge in [0.1, 0.15) is 0 Å². The Hall–Kier alpha value is -3.22. The van der Waals surface area contributed by atoms with Gasteiger partial charge in [-0.05, 0) is 42.3 Å². The van der Waals surface area contributed by atoms with Crippen LogP contribution in [0.4, 0.5) is 5.69 Å². The molecule has 2 aromatic carbocycles.